The molecule has 1 N–H and O–H groups in total. The lowest BCUT2D eigenvalue weighted by Crippen LogP contribution is -2.18. The number of hydrogen-bond acceptors (Lipinski definition) is 5. The minimum absolute atomic E-state index is 0.00209. The monoisotopic (exact) mass is 300 g/mol. The number of imidazole rings is 1. The summed E-state index contributed by atoms with van der Waals surface area (Å²) in [7, 11) is 1.58. The molecule has 0 bridgehead atoms. The van der Waals surface area contributed by atoms with E-state index in [0.29, 0.717) is 35.1 Å². The van der Waals surface area contributed by atoms with Crippen molar-refractivity contribution in [1.29, 1.82) is 0 Å². The Morgan fingerprint density at radius 1 is 1.40 bits per heavy atom. The zero-order chi connectivity index (χ0) is 15.1. The molecule has 2 heterocycles. The number of rotatable bonds is 5. The first-order valence-electron chi connectivity index (χ1n) is 6.64. The third kappa shape index (κ3) is 3.88. The summed E-state index contributed by atoms with van der Waals surface area (Å²) in [5.41, 5.74) is 1.31. The van der Waals surface area contributed by atoms with Gasteiger partial charge in [0.15, 0.2) is 10.8 Å². The summed E-state index contributed by atoms with van der Waals surface area (Å²) < 4.78 is 7.00. The molecule has 0 aliphatic heterocycles. The number of hydrogen-bond donors (Lipinski definition) is 1. The summed E-state index contributed by atoms with van der Waals surface area (Å²) in [6.45, 7) is 6.44. The molecule has 20 heavy (non-hydrogen) atoms. The lowest BCUT2D eigenvalue weighted by molar-refractivity contribution is 0.0405. The van der Waals surface area contributed by atoms with Crippen LogP contribution in [0.3, 0.4) is 0 Å². The lowest BCUT2D eigenvalue weighted by Gasteiger charge is -2.12. The molecule has 0 aromatic carbocycles. The van der Waals surface area contributed by atoms with E-state index in [0.717, 1.165) is 0 Å². The van der Waals surface area contributed by atoms with E-state index in [9.17, 15) is 0 Å². The average molecular weight is 301 g/mol. The van der Waals surface area contributed by atoms with Crippen LogP contribution in [0.25, 0.3) is 11.2 Å². The molecular weight excluding hydrogens is 280 g/mol. The van der Waals surface area contributed by atoms with Crippen LogP contribution in [-0.4, -0.2) is 44.4 Å². The Kier molecular flexibility index (Phi) is 6.84. The first kappa shape index (κ1) is 16.8. The van der Waals surface area contributed by atoms with Crippen LogP contribution >= 0.6 is 11.6 Å². The van der Waals surface area contributed by atoms with Crippen molar-refractivity contribution in [3.8, 4) is 0 Å². The van der Waals surface area contributed by atoms with Gasteiger partial charge in [-0.3, -0.25) is 0 Å². The highest BCUT2D eigenvalue weighted by molar-refractivity contribution is 6.33. The highest BCUT2D eigenvalue weighted by atomic mass is 35.5. The summed E-state index contributed by atoms with van der Waals surface area (Å²) in [4.78, 5) is 12.6. The number of halogens is 1. The number of nitrogens with zero attached hydrogens (tertiary/aromatic N) is 4. The quantitative estimate of drug-likeness (QED) is 0.857. The summed E-state index contributed by atoms with van der Waals surface area (Å²) >= 11 is 6.00. The fourth-order valence-electron chi connectivity index (χ4n) is 1.74. The van der Waals surface area contributed by atoms with Crippen LogP contribution < -0.4 is 0 Å². The van der Waals surface area contributed by atoms with Gasteiger partial charge >= 0.3 is 0 Å². The van der Waals surface area contributed by atoms with Gasteiger partial charge in [-0.2, -0.15) is 0 Å². The second kappa shape index (κ2) is 8.14. The lowest BCUT2D eigenvalue weighted by atomic mass is 10.2. The maximum absolute atomic E-state index is 9.06. The maximum Gasteiger partial charge on any atom is 0.165 e. The predicted octanol–water partition coefficient (Wildman–Crippen LogP) is 2.21. The molecule has 0 spiro atoms. The van der Waals surface area contributed by atoms with Gasteiger partial charge in [0, 0.05) is 13.7 Å². The van der Waals surface area contributed by atoms with E-state index in [4.69, 9.17) is 21.4 Å². The smallest absolute Gasteiger partial charge is 0.165 e. The van der Waals surface area contributed by atoms with Gasteiger partial charge in [0.2, 0.25) is 0 Å². The van der Waals surface area contributed by atoms with Crippen LogP contribution in [0.5, 0.6) is 0 Å². The van der Waals surface area contributed by atoms with Gasteiger partial charge in [-0.05, 0) is 13.3 Å². The maximum atomic E-state index is 9.06. The van der Waals surface area contributed by atoms with Crippen molar-refractivity contribution in [2.75, 3.05) is 13.7 Å². The van der Waals surface area contributed by atoms with Crippen molar-refractivity contribution in [2.45, 2.75) is 39.8 Å². The molecule has 112 valence electrons. The zero-order valence-corrected chi connectivity index (χ0v) is 13.1. The van der Waals surface area contributed by atoms with Crippen LogP contribution in [0.1, 0.15) is 26.1 Å². The van der Waals surface area contributed by atoms with E-state index in [1.54, 1.807) is 20.4 Å². The molecule has 0 saturated carbocycles. The van der Waals surface area contributed by atoms with Gasteiger partial charge < -0.3 is 14.4 Å². The Bertz CT molecular complexity index is 540. The molecule has 2 aromatic rings. The summed E-state index contributed by atoms with van der Waals surface area (Å²) in [6.07, 6.45) is 2.18. The van der Waals surface area contributed by atoms with E-state index in [1.165, 1.54) is 0 Å². The van der Waals surface area contributed by atoms with Crippen LogP contribution in [0.15, 0.2) is 6.33 Å². The third-order valence-electron chi connectivity index (χ3n) is 2.76. The van der Waals surface area contributed by atoms with Gasteiger partial charge in [0.05, 0.1) is 19.0 Å². The summed E-state index contributed by atoms with van der Waals surface area (Å²) in [5.74, 6) is 0.611. The molecule has 6 nitrogen and oxygen atoms in total. The molecule has 2 aromatic heterocycles. The van der Waals surface area contributed by atoms with Crippen molar-refractivity contribution in [3.05, 3.63) is 17.3 Å². The molecule has 0 aliphatic carbocycles. The second-order valence-corrected chi connectivity index (χ2v) is 4.36. The van der Waals surface area contributed by atoms with Gasteiger partial charge in [-0.25, -0.2) is 15.0 Å². The number of aliphatic hydroxyl groups is 1. The highest BCUT2D eigenvalue weighted by Gasteiger charge is 2.12. The molecule has 1 atom stereocenters. The fourth-order valence-corrected chi connectivity index (χ4v) is 2.00. The van der Waals surface area contributed by atoms with E-state index in [-0.39, 0.29) is 12.7 Å². The number of ether oxygens (including phenoxy) is 1. The van der Waals surface area contributed by atoms with Gasteiger partial charge in [0.1, 0.15) is 11.3 Å². The first-order chi connectivity index (χ1) is 9.65. The van der Waals surface area contributed by atoms with Crippen LogP contribution in [0.2, 0.25) is 5.15 Å². The summed E-state index contributed by atoms with van der Waals surface area (Å²) in [5, 5.41) is 9.42. The molecular formula is C13H21ClN4O2. The normalized spacial score (nSPS) is 12.1. The molecule has 0 aliphatic rings. The van der Waals surface area contributed by atoms with E-state index >= 15 is 0 Å². The number of aliphatic hydroxyl groups excluding tert-OH is 1. The predicted molar refractivity (Wildman–Crippen MR) is 78.9 cm³/mol. The second-order valence-electron chi connectivity index (χ2n) is 4.00. The van der Waals surface area contributed by atoms with Crippen LogP contribution in [-0.2, 0) is 11.3 Å². The standard InChI is InChI=1S/C11H15ClN4O2.C2H6/c1-7-14-10(12)9-11(15-7)16(6-13-9)4-3-8(5-17)18-2;1-2/h6,8,17H,3-5H2,1-2H3;1-2H3. The molecule has 1 unspecified atom stereocenters. The SMILES string of the molecule is CC.COC(CO)CCn1cnc2c(Cl)nc(C)nc21. The molecule has 0 saturated heterocycles. The molecule has 0 amide bonds. The number of aryl methyl sites for hydroxylation is 2. The van der Waals surface area contributed by atoms with E-state index in [1.807, 2.05) is 18.4 Å². The Morgan fingerprint density at radius 3 is 2.70 bits per heavy atom. The molecule has 0 fully saturated rings. The number of fused-ring (bicyclic) bond motifs is 1. The third-order valence-corrected chi connectivity index (χ3v) is 3.03. The molecule has 0 radical (unpaired) electrons. The van der Waals surface area contributed by atoms with Crippen molar-refractivity contribution < 1.29 is 9.84 Å². The summed E-state index contributed by atoms with van der Waals surface area (Å²) in [6, 6.07) is 0. The van der Waals surface area contributed by atoms with Crippen LogP contribution in [0, 0.1) is 6.92 Å². The zero-order valence-electron chi connectivity index (χ0n) is 12.3. The first-order valence-corrected chi connectivity index (χ1v) is 7.02. The Labute approximate surface area is 123 Å². The van der Waals surface area contributed by atoms with Crippen molar-refractivity contribution in [1.82, 2.24) is 19.5 Å². The van der Waals surface area contributed by atoms with Gasteiger partial charge in [-0.15, -0.1) is 0 Å². The fraction of sp³-hybridized carbons (Fsp3) is 0.615. The van der Waals surface area contributed by atoms with E-state index < -0.39 is 0 Å². The average Bonchev–Trinajstić information content (AvgIpc) is 2.85. The Hall–Kier alpha value is -1.24. The largest absolute Gasteiger partial charge is 0.394 e. The Balaban J connectivity index is 0.000000956. The number of aromatic nitrogens is 4. The van der Waals surface area contributed by atoms with Gasteiger partial charge in [-0.1, -0.05) is 25.4 Å². The van der Waals surface area contributed by atoms with Crippen molar-refractivity contribution in [2.24, 2.45) is 0 Å². The van der Waals surface area contributed by atoms with Crippen molar-refractivity contribution >= 4 is 22.8 Å². The number of methoxy groups -OCH3 is 1. The molecule has 2 rings (SSSR count). The van der Waals surface area contributed by atoms with E-state index in [2.05, 4.69) is 15.0 Å². The Morgan fingerprint density at radius 2 is 2.10 bits per heavy atom. The van der Waals surface area contributed by atoms with Gasteiger partial charge in [0.25, 0.3) is 0 Å². The molecule has 7 heteroatoms. The topological polar surface area (TPSA) is 73.1 Å². The minimum Gasteiger partial charge on any atom is -0.394 e. The minimum atomic E-state index is -0.180. The van der Waals surface area contributed by atoms with Crippen LogP contribution in [0.4, 0.5) is 0 Å². The van der Waals surface area contributed by atoms with Crippen molar-refractivity contribution in [3.63, 3.8) is 0 Å². The highest BCUT2D eigenvalue weighted by Crippen LogP contribution is 2.19.